The predicted molar refractivity (Wildman–Crippen MR) is 96.7 cm³/mol. The van der Waals surface area contributed by atoms with Crippen LogP contribution in [-0.4, -0.2) is 43.0 Å². The summed E-state index contributed by atoms with van der Waals surface area (Å²) in [6, 6.07) is 11.2. The van der Waals surface area contributed by atoms with E-state index in [2.05, 4.69) is 10.3 Å². The molecule has 25 heavy (non-hydrogen) atoms. The van der Waals surface area contributed by atoms with Gasteiger partial charge in [0, 0.05) is 37.1 Å². The molecule has 132 valence electrons. The number of hydrogen-bond donors (Lipinski definition) is 1. The van der Waals surface area contributed by atoms with Crippen LogP contribution in [0.4, 0.5) is 5.69 Å². The Hall–Kier alpha value is -2.25. The van der Waals surface area contributed by atoms with Crippen molar-refractivity contribution in [1.82, 2.24) is 9.29 Å². The summed E-state index contributed by atoms with van der Waals surface area (Å²) in [6.07, 6.45) is 4.50. The fourth-order valence-corrected chi connectivity index (χ4v) is 4.07. The first kappa shape index (κ1) is 17.6. The van der Waals surface area contributed by atoms with Crippen molar-refractivity contribution in [3.05, 3.63) is 59.9 Å². The van der Waals surface area contributed by atoms with Crippen LogP contribution in [0.5, 0.6) is 0 Å². The molecule has 0 bridgehead atoms. The quantitative estimate of drug-likeness (QED) is 0.906. The minimum Gasteiger partial charge on any atom is -0.326 e. The zero-order valence-corrected chi connectivity index (χ0v) is 15.0. The second-order valence-corrected chi connectivity index (χ2v) is 8.41. The normalized spacial score (nSPS) is 21.2. The van der Waals surface area contributed by atoms with Crippen molar-refractivity contribution in [2.75, 3.05) is 24.7 Å². The molecular weight excluding hydrogens is 338 g/mol. The molecule has 7 heteroatoms. The number of amides is 1. The number of hydrogen-bond acceptors (Lipinski definition) is 4. The molecule has 0 aliphatic carbocycles. The Morgan fingerprint density at radius 2 is 1.92 bits per heavy atom. The summed E-state index contributed by atoms with van der Waals surface area (Å²) in [6.45, 7) is 2.44. The molecule has 2 unspecified atom stereocenters. The van der Waals surface area contributed by atoms with Crippen molar-refractivity contribution in [2.45, 2.75) is 12.8 Å². The highest BCUT2D eigenvalue weighted by Crippen LogP contribution is 2.34. The van der Waals surface area contributed by atoms with Crippen molar-refractivity contribution in [1.29, 1.82) is 0 Å². The Morgan fingerprint density at radius 3 is 2.56 bits per heavy atom. The molecule has 0 spiro atoms. The molecule has 2 aromatic rings. The van der Waals surface area contributed by atoms with Gasteiger partial charge in [-0.15, -0.1) is 0 Å². The summed E-state index contributed by atoms with van der Waals surface area (Å²) in [5, 5.41) is 2.92. The zero-order chi connectivity index (χ0) is 18.0. The summed E-state index contributed by atoms with van der Waals surface area (Å²) < 4.78 is 25.3. The predicted octanol–water partition coefficient (Wildman–Crippen LogP) is 2.00. The van der Waals surface area contributed by atoms with E-state index in [9.17, 15) is 13.2 Å². The third kappa shape index (κ3) is 4.05. The number of nitrogens with zero attached hydrogens (tertiary/aromatic N) is 2. The lowest BCUT2D eigenvalue weighted by Crippen LogP contribution is -2.31. The molecule has 1 amide bonds. The van der Waals surface area contributed by atoms with Gasteiger partial charge in [0.1, 0.15) is 0 Å². The van der Waals surface area contributed by atoms with Gasteiger partial charge >= 0.3 is 0 Å². The van der Waals surface area contributed by atoms with E-state index in [0.717, 1.165) is 16.8 Å². The second kappa shape index (κ2) is 6.93. The van der Waals surface area contributed by atoms with Gasteiger partial charge in [-0.1, -0.05) is 12.1 Å². The van der Waals surface area contributed by atoms with E-state index >= 15 is 0 Å². The number of anilines is 1. The van der Waals surface area contributed by atoms with Crippen molar-refractivity contribution >= 4 is 21.6 Å². The first-order chi connectivity index (χ1) is 11.8. The number of nitrogens with one attached hydrogen (secondary N) is 1. The molecule has 1 aromatic heterocycles. The van der Waals surface area contributed by atoms with Gasteiger partial charge in [-0.25, -0.2) is 12.7 Å². The van der Waals surface area contributed by atoms with Gasteiger partial charge in [0.25, 0.3) is 0 Å². The summed E-state index contributed by atoms with van der Waals surface area (Å²) in [5.41, 5.74) is 2.69. The molecule has 0 radical (unpaired) electrons. The number of benzene rings is 1. The Morgan fingerprint density at radius 1 is 1.20 bits per heavy atom. The molecule has 2 heterocycles. The van der Waals surface area contributed by atoms with Crippen molar-refractivity contribution in [3.8, 4) is 0 Å². The molecular formula is C18H21N3O3S. The standard InChI is InChI=1S/C18H21N3O3S/c1-13-4-3-5-15(10-13)20-18(22)17-12-21(25(2,23)24)11-16(17)14-6-8-19-9-7-14/h3-10,16-17H,11-12H2,1-2H3,(H,20,22). The molecule has 1 fully saturated rings. The van der Waals surface area contributed by atoms with Gasteiger partial charge in [-0.2, -0.15) is 0 Å². The van der Waals surface area contributed by atoms with Gasteiger partial charge in [0.05, 0.1) is 12.2 Å². The van der Waals surface area contributed by atoms with E-state index in [4.69, 9.17) is 0 Å². The van der Waals surface area contributed by atoms with Crippen LogP contribution in [-0.2, 0) is 14.8 Å². The monoisotopic (exact) mass is 359 g/mol. The van der Waals surface area contributed by atoms with Gasteiger partial charge in [0.15, 0.2) is 0 Å². The summed E-state index contributed by atoms with van der Waals surface area (Å²) in [4.78, 5) is 16.8. The van der Waals surface area contributed by atoms with Crippen molar-refractivity contribution in [3.63, 3.8) is 0 Å². The van der Waals surface area contributed by atoms with Crippen LogP contribution in [0.3, 0.4) is 0 Å². The number of carbonyl (C=O) groups excluding carboxylic acids is 1. The van der Waals surface area contributed by atoms with Gasteiger partial charge in [0.2, 0.25) is 15.9 Å². The van der Waals surface area contributed by atoms with E-state index in [-0.39, 0.29) is 18.4 Å². The molecule has 3 rings (SSSR count). The maximum Gasteiger partial charge on any atom is 0.229 e. The zero-order valence-electron chi connectivity index (χ0n) is 14.2. The van der Waals surface area contributed by atoms with E-state index in [1.165, 1.54) is 10.6 Å². The van der Waals surface area contributed by atoms with Gasteiger partial charge < -0.3 is 5.32 Å². The maximum atomic E-state index is 12.8. The second-order valence-electron chi connectivity index (χ2n) is 6.43. The van der Waals surface area contributed by atoms with Crippen LogP contribution < -0.4 is 5.32 Å². The molecule has 0 saturated carbocycles. The third-order valence-corrected chi connectivity index (χ3v) is 5.75. The SMILES string of the molecule is Cc1cccc(NC(=O)C2CN(S(C)(=O)=O)CC2c2ccncc2)c1. The molecule has 1 aliphatic rings. The van der Waals surface area contributed by atoms with Crippen LogP contribution >= 0.6 is 0 Å². The Bertz CT molecular complexity index is 868. The van der Waals surface area contributed by atoms with Crippen LogP contribution in [0.2, 0.25) is 0 Å². The van der Waals surface area contributed by atoms with Crippen molar-refractivity contribution in [2.24, 2.45) is 5.92 Å². The highest BCUT2D eigenvalue weighted by molar-refractivity contribution is 7.88. The first-order valence-corrected chi connectivity index (χ1v) is 9.92. The Labute approximate surface area is 147 Å². The maximum absolute atomic E-state index is 12.8. The van der Waals surface area contributed by atoms with E-state index < -0.39 is 15.9 Å². The Kier molecular flexibility index (Phi) is 4.87. The molecule has 1 aromatic carbocycles. The number of sulfonamides is 1. The average molecular weight is 359 g/mol. The molecule has 1 saturated heterocycles. The van der Waals surface area contributed by atoms with Gasteiger partial charge in [-0.3, -0.25) is 9.78 Å². The van der Waals surface area contributed by atoms with Crippen LogP contribution in [0.15, 0.2) is 48.8 Å². The minimum atomic E-state index is -3.35. The molecule has 1 aliphatic heterocycles. The van der Waals surface area contributed by atoms with Crippen LogP contribution in [0, 0.1) is 12.8 Å². The summed E-state index contributed by atoms with van der Waals surface area (Å²) >= 11 is 0. The highest BCUT2D eigenvalue weighted by atomic mass is 32.2. The fourth-order valence-electron chi connectivity index (χ4n) is 3.21. The van der Waals surface area contributed by atoms with E-state index in [1.54, 1.807) is 12.4 Å². The number of carbonyl (C=O) groups is 1. The highest BCUT2D eigenvalue weighted by Gasteiger charge is 2.41. The summed E-state index contributed by atoms with van der Waals surface area (Å²) in [5.74, 6) is -0.807. The number of aromatic nitrogens is 1. The van der Waals surface area contributed by atoms with Crippen LogP contribution in [0.25, 0.3) is 0 Å². The lowest BCUT2D eigenvalue weighted by atomic mass is 9.89. The topological polar surface area (TPSA) is 79.4 Å². The lowest BCUT2D eigenvalue weighted by molar-refractivity contribution is -0.119. The van der Waals surface area contributed by atoms with E-state index in [0.29, 0.717) is 6.54 Å². The smallest absolute Gasteiger partial charge is 0.229 e. The molecule has 2 atom stereocenters. The van der Waals surface area contributed by atoms with E-state index in [1.807, 2.05) is 43.3 Å². The average Bonchev–Trinajstić information content (AvgIpc) is 3.01. The first-order valence-electron chi connectivity index (χ1n) is 8.07. The van der Waals surface area contributed by atoms with Crippen molar-refractivity contribution < 1.29 is 13.2 Å². The molecule has 6 nitrogen and oxygen atoms in total. The molecule has 1 N–H and O–H groups in total. The number of aryl methyl sites for hydroxylation is 1. The summed E-state index contributed by atoms with van der Waals surface area (Å²) in [7, 11) is -3.35. The number of rotatable bonds is 4. The third-order valence-electron chi connectivity index (χ3n) is 4.51. The van der Waals surface area contributed by atoms with Crippen LogP contribution in [0.1, 0.15) is 17.0 Å². The lowest BCUT2D eigenvalue weighted by Gasteiger charge is -2.18. The van der Waals surface area contributed by atoms with Gasteiger partial charge in [-0.05, 0) is 42.3 Å². The largest absolute Gasteiger partial charge is 0.326 e. The Balaban J connectivity index is 1.86. The minimum absolute atomic E-state index is 0.168. The fraction of sp³-hybridized carbons (Fsp3) is 0.333. The number of pyridine rings is 1.